The summed E-state index contributed by atoms with van der Waals surface area (Å²) < 4.78 is 0. The maximum atomic E-state index is 12.3. The van der Waals surface area contributed by atoms with Crippen LogP contribution >= 0.6 is 0 Å². The van der Waals surface area contributed by atoms with Gasteiger partial charge in [-0.3, -0.25) is 4.79 Å². The molecule has 3 rings (SSSR count). The summed E-state index contributed by atoms with van der Waals surface area (Å²) in [6.07, 6.45) is 7.84. The molecule has 0 spiro atoms. The normalized spacial score (nSPS) is 23.4. The Morgan fingerprint density at radius 3 is 2.18 bits per heavy atom. The van der Waals surface area contributed by atoms with E-state index in [0.29, 0.717) is 24.7 Å². The smallest absolute Gasteiger partial charge is 0.335 e. The minimum Gasteiger partial charge on any atom is -0.478 e. The Hall–Kier alpha value is -2.10. The fraction of sp³-hybridized carbons (Fsp3) is 0.444. The predicted molar refractivity (Wildman–Crippen MR) is 83.7 cm³/mol. The van der Waals surface area contributed by atoms with Crippen molar-refractivity contribution in [2.75, 3.05) is 13.1 Å². The molecule has 4 heteroatoms. The lowest BCUT2D eigenvalue weighted by atomic mass is 9.86. The molecule has 0 unspecified atom stereocenters. The number of carbonyl (C=O) groups is 2. The summed E-state index contributed by atoms with van der Waals surface area (Å²) in [4.78, 5) is 25.2. The van der Waals surface area contributed by atoms with Crippen LogP contribution in [0.5, 0.6) is 0 Å². The zero-order chi connectivity index (χ0) is 15.5. The van der Waals surface area contributed by atoms with Crippen LogP contribution in [0.1, 0.15) is 35.2 Å². The van der Waals surface area contributed by atoms with Crippen LogP contribution < -0.4 is 0 Å². The molecule has 4 nitrogen and oxygen atoms in total. The van der Waals surface area contributed by atoms with Crippen molar-refractivity contribution in [1.29, 1.82) is 0 Å². The van der Waals surface area contributed by atoms with E-state index in [0.717, 1.165) is 31.5 Å². The molecule has 0 saturated carbocycles. The van der Waals surface area contributed by atoms with Crippen LogP contribution in [0.25, 0.3) is 0 Å². The van der Waals surface area contributed by atoms with E-state index < -0.39 is 5.97 Å². The summed E-state index contributed by atoms with van der Waals surface area (Å²) in [5.41, 5.74) is 1.29. The summed E-state index contributed by atoms with van der Waals surface area (Å²) in [5.74, 6) is 0.584. The van der Waals surface area contributed by atoms with E-state index in [-0.39, 0.29) is 11.5 Å². The van der Waals surface area contributed by atoms with Gasteiger partial charge in [0.25, 0.3) is 0 Å². The Bertz CT molecular complexity index is 575. The topological polar surface area (TPSA) is 57.6 Å². The number of fused-ring (bicyclic) bond motifs is 1. The molecule has 0 aromatic heterocycles. The van der Waals surface area contributed by atoms with Gasteiger partial charge in [0.05, 0.1) is 5.56 Å². The van der Waals surface area contributed by atoms with E-state index >= 15 is 0 Å². The molecule has 1 amide bonds. The Balaban J connectivity index is 1.51. The van der Waals surface area contributed by atoms with Crippen LogP contribution in [0.3, 0.4) is 0 Å². The second-order valence-electron chi connectivity index (χ2n) is 6.26. The number of hydrogen-bond acceptors (Lipinski definition) is 2. The first-order chi connectivity index (χ1) is 10.6. The quantitative estimate of drug-likeness (QED) is 0.870. The molecular weight excluding hydrogens is 278 g/mol. The maximum absolute atomic E-state index is 12.3. The molecule has 1 aliphatic heterocycles. The van der Waals surface area contributed by atoms with Crippen LogP contribution in [-0.4, -0.2) is 35.0 Å². The van der Waals surface area contributed by atoms with Gasteiger partial charge in [-0.15, -0.1) is 0 Å². The van der Waals surface area contributed by atoms with Gasteiger partial charge in [0.1, 0.15) is 0 Å². The van der Waals surface area contributed by atoms with E-state index in [1.165, 1.54) is 0 Å². The number of amides is 1. The van der Waals surface area contributed by atoms with Crippen molar-refractivity contribution in [3.8, 4) is 0 Å². The van der Waals surface area contributed by atoms with Crippen molar-refractivity contribution in [2.45, 2.75) is 25.7 Å². The highest BCUT2D eigenvalue weighted by Crippen LogP contribution is 2.33. The Labute approximate surface area is 130 Å². The fourth-order valence-corrected chi connectivity index (χ4v) is 3.44. The molecule has 1 fully saturated rings. The Morgan fingerprint density at radius 2 is 1.64 bits per heavy atom. The first-order valence-corrected chi connectivity index (χ1v) is 7.88. The van der Waals surface area contributed by atoms with Gasteiger partial charge < -0.3 is 10.0 Å². The monoisotopic (exact) mass is 299 g/mol. The number of carboxylic acids is 1. The number of allylic oxidation sites excluding steroid dienone is 2. The van der Waals surface area contributed by atoms with Gasteiger partial charge in [-0.25, -0.2) is 4.79 Å². The molecular formula is C18H21NO3. The van der Waals surface area contributed by atoms with Gasteiger partial charge in [0, 0.05) is 19.5 Å². The number of carboxylic acid groups (broad SMARTS) is 1. The number of hydrogen-bond donors (Lipinski definition) is 1. The second kappa shape index (κ2) is 6.34. The minimum atomic E-state index is -0.920. The summed E-state index contributed by atoms with van der Waals surface area (Å²) in [5, 5.41) is 8.87. The summed E-state index contributed by atoms with van der Waals surface area (Å²) in [6, 6.07) is 6.78. The van der Waals surface area contributed by atoms with Gasteiger partial charge in [-0.2, -0.15) is 0 Å². The third-order valence-corrected chi connectivity index (χ3v) is 4.80. The summed E-state index contributed by atoms with van der Waals surface area (Å²) in [6.45, 7) is 1.79. The molecule has 1 aromatic rings. The second-order valence-corrected chi connectivity index (χ2v) is 6.26. The molecule has 22 heavy (non-hydrogen) atoms. The number of rotatable bonds is 4. The van der Waals surface area contributed by atoms with E-state index in [1.807, 2.05) is 4.90 Å². The number of aromatic carboxylic acids is 1. The van der Waals surface area contributed by atoms with Crippen LogP contribution in [0.4, 0.5) is 0 Å². The van der Waals surface area contributed by atoms with Crippen LogP contribution in [0, 0.1) is 11.8 Å². The van der Waals surface area contributed by atoms with Gasteiger partial charge in [0.15, 0.2) is 0 Å². The molecule has 116 valence electrons. The largest absolute Gasteiger partial charge is 0.478 e. The van der Waals surface area contributed by atoms with Crippen LogP contribution in [0.15, 0.2) is 36.4 Å². The van der Waals surface area contributed by atoms with Gasteiger partial charge >= 0.3 is 5.97 Å². The van der Waals surface area contributed by atoms with E-state index in [1.54, 1.807) is 24.3 Å². The lowest BCUT2D eigenvalue weighted by Gasteiger charge is -2.17. The highest BCUT2D eigenvalue weighted by Gasteiger charge is 2.34. The number of carbonyl (C=O) groups excluding carboxylic acids is 1. The summed E-state index contributed by atoms with van der Waals surface area (Å²) >= 11 is 0. The van der Waals surface area contributed by atoms with E-state index in [9.17, 15) is 9.59 Å². The average molecular weight is 299 g/mol. The third-order valence-electron chi connectivity index (χ3n) is 4.80. The lowest BCUT2D eigenvalue weighted by Crippen LogP contribution is -2.29. The Morgan fingerprint density at radius 1 is 1.05 bits per heavy atom. The van der Waals surface area contributed by atoms with E-state index in [4.69, 9.17) is 5.11 Å². The number of likely N-dealkylation sites (tertiary alicyclic amines) is 1. The first kappa shape index (κ1) is 14.8. The Kier molecular flexibility index (Phi) is 4.27. The molecule has 1 aliphatic carbocycles. The first-order valence-electron chi connectivity index (χ1n) is 7.88. The lowest BCUT2D eigenvalue weighted by molar-refractivity contribution is -0.130. The molecule has 0 radical (unpaired) electrons. The predicted octanol–water partition coefficient (Wildman–Crippen LogP) is 2.74. The molecule has 1 aromatic carbocycles. The van der Waals surface area contributed by atoms with Crippen molar-refractivity contribution < 1.29 is 14.7 Å². The summed E-state index contributed by atoms with van der Waals surface area (Å²) in [7, 11) is 0. The van der Waals surface area contributed by atoms with Crippen molar-refractivity contribution >= 4 is 11.9 Å². The van der Waals surface area contributed by atoms with Crippen molar-refractivity contribution in [1.82, 2.24) is 4.90 Å². The van der Waals surface area contributed by atoms with Crippen LogP contribution in [-0.2, 0) is 11.2 Å². The number of aryl methyl sites for hydroxylation is 1. The fourth-order valence-electron chi connectivity index (χ4n) is 3.44. The molecule has 2 aliphatic rings. The van der Waals surface area contributed by atoms with Crippen molar-refractivity contribution in [2.24, 2.45) is 11.8 Å². The van der Waals surface area contributed by atoms with E-state index in [2.05, 4.69) is 12.2 Å². The highest BCUT2D eigenvalue weighted by molar-refractivity contribution is 5.87. The standard InChI is InChI=1S/C18H21NO3/c20-17(19-11-15-3-1-2-4-16(15)12-19)10-7-13-5-8-14(9-6-13)18(21)22/h1-2,5-6,8-9,15-16H,3-4,7,10-12H2,(H,21,22)/t15-,16-/m1/s1. The van der Waals surface area contributed by atoms with Gasteiger partial charge in [-0.1, -0.05) is 24.3 Å². The molecule has 1 N–H and O–H groups in total. The third kappa shape index (κ3) is 3.21. The van der Waals surface area contributed by atoms with Crippen molar-refractivity contribution in [3.05, 3.63) is 47.5 Å². The van der Waals surface area contributed by atoms with Crippen LogP contribution in [0.2, 0.25) is 0 Å². The maximum Gasteiger partial charge on any atom is 0.335 e. The SMILES string of the molecule is O=C(O)c1ccc(CCC(=O)N2C[C@H]3CC=CC[C@@H]3C2)cc1. The number of nitrogens with zero attached hydrogens (tertiary/aromatic N) is 1. The highest BCUT2D eigenvalue weighted by atomic mass is 16.4. The molecule has 0 bridgehead atoms. The zero-order valence-corrected chi connectivity index (χ0v) is 12.6. The zero-order valence-electron chi connectivity index (χ0n) is 12.6. The average Bonchev–Trinajstić information content (AvgIpc) is 2.97. The van der Waals surface area contributed by atoms with Gasteiger partial charge in [0.2, 0.25) is 5.91 Å². The molecule has 1 saturated heterocycles. The number of benzene rings is 1. The molecule has 1 heterocycles. The minimum absolute atomic E-state index is 0.219. The molecule has 2 atom stereocenters. The van der Waals surface area contributed by atoms with Crippen molar-refractivity contribution in [3.63, 3.8) is 0 Å². The van der Waals surface area contributed by atoms with Gasteiger partial charge in [-0.05, 0) is 48.8 Å².